The zero-order valence-electron chi connectivity index (χ0n) is 13.4. The highest BCUT2D eigenvalue weighted by atomic mass is 32.1. The molecule has 126 valence electrons. The molecule has 0 aliphatic heterocycles. The topological polar surface area (TPSA) is 55.6 Å². The number of rotatable bonds is 9. The van der Waals surface area contributed by atoms with E-state index in [1.807, 2.05) is 22.9 Å². The van der Waals surface area contributed by atoms with E-state index in [4.69, 9.17) is 10.5 Å². The molecule has 6 heteroatoms. The first-order chi connectivity index (χ1) is 11.2. The van der Waals surface area contributed by atoms with Crippen molar-refractivity contribution in [3.63, 3.8) is 0 Å². The predicted molar refractivity (Wildman–Crippen MR) is 96.7 cm³/mol. The Balaban J connectivity index is 1.90. The number of carbonyl (C=O) groups is 1. The lowest BCUT2D eigenvalue weighted by atomic mass is 10.1. The number of hydrogen-bond donors (Lipinski definition) is 1. The summed E-state index contributed by atoms with van der Waals surface area (Å²) in [6.07, 6.45) is 2.75. The Bertz CT molecular complexity index is 519. The van der Waals surface area contributed by atoms with Crippen molar-refractivity contribution in [3.8, 4) is 0 Å². The second-order valence-corrected chi connectivity index (χ2v) is 7.16. The van der Waals surface area contributed by atoms with Gasteiger partial charge in [-0.1, -0.05) is 19.8 Å². The minimum absolute atomic E-state index is 0.0805. The van der Waals surface area contributed by atoms with E-state index in [0.717, 1.165) is 30.4 Å². The molecule has 1 atom stereocenters. The van der Waals surface area contributed by atoms with Crippen LogP contribution < -0.4 is 5.73 Å². The maximum Gasteiger partial charge on any atom is 0.410 e. The molecule has 4 nitrogen and oxygen atoms in total. The molecule has 2 aromatic heterocycles. The van der Waals surface area contributed by atoms with E-state index in [1.165, 1.54) is 0 Å². The van der Waals surface area contributed by atoms with Gasteiger partial charge in [-0.05, 0) is 51.2 Å². The molecule has 2 heterocycles. The van der Waals surface area contributed by atoms with Crippen molar-refractivity contribution >= 4 is 28.8 Å². The van der Waals surface area contributed by atoms with Gasteiger partial charge < -0.3 is 10.5 Å². The largest absolute Gasteiger partial charge is 0.448 e. The minimum atomic E-state index is -0.297. The average Bonchev–Trinajstić information content (AvgIpc) is 3.23. The first kappa shape index (κ1) is 18.0. The molecule has 1 amide bonds. The molecule has 2 aromatic rings. The SMILES string of the molecule is CCCC[C@@H](N)COC(=O)N(Cc1ccsc1)Cc1ccsc1. The van der Waals surface area contributed by atoms with Crippen LogP contribution in [-0.2, 0) is 17.8 Å². The van der Waals surface area contributed by atoms with Crippen molar-refractivity contribution in [2.24, 2.45) is 5.73 Å². The fourth-order valence-corrected chi connectivity index (χ4v) is 3.53. The molecular formula is C17H24N2O2S2. The van der Waals surface area contributed by atoms with E-state index in [1.54, 1.807) is 27.6 Å². The zero-order chi connectivity index (χ0) is 16.5. The van der Waals surface area contributed by atoms with E-state index >= 15 is 0 Å². The minimum Gasteiger partial charge on any atom is -0.448 e. The monoisotopic (exact) mass is 352 g/mol. The normalized spacial score (nSPS) is 12.1. The number of hydrogen-bond acceptors (Lipinski definition) is 5. The molecule has 0 fully saturated rings. The lowest BCUT2D eigenvalue weighted by Gasteiger charge is -2.22. The molecule has 23 heavy (non-hydrogen) atoms. The van der Waals surface area contributed by atoms with Gasteiger partial charge in [-0.2, -0.15) is 22.7 Å². The van der Waals surface area contributed by atoms with Crippen LogP contribution in [0.15, 0.2) is 33.7 Å². The van der Waals surface area contributed by atoms with Crippen LogP contribution in [0.3, 0.4) is 0 Å². The Morgan fingerprint density at radius 1 is 1.22 bits per heavy atom. The molecule has 2 rings (SSSR count). The van der Waals surface area contributed by atoms with Gasteiger partial charge in [-0.25, -0.2) is 4.79 Å². The maximum atomic E-state index is 12.4. The Hall–Kier alpha value is -1.37. The first-order valence-electron chi connectivity index (χ1n) is 7.88. The molecule has 0 aliphatic rings. The molecule has 0 aromatic carbocycles. The number of nitrogens with zero attached hydrogens (tertiary/aromatic N) is 1. The number of ether oxygens (including phenoxy) is 1. The third-order valence-electron chi connectivity index (χ3n) is 3.51. The zero-order valence-corrected chi connectivity index (χ0v) is 15.1. The Morgan fingerprint density at radius 2 is 1.83 bits per heavy atom. The van der Waals surface area contributed by atoms with Crippen molar-refractivity contribution in [3.05, 3.63) is 44.8 Å². The summed E-state index contributed by atoms with van der Waals surface area (Å²) >= 11 is 3.26. The van der Waals surface area contributed by atoms with Gasteiger partial charge in [0.1, 0.15) is 6.61 Å². The van der Waals surface area contributed by atoms with Gasteiger partial charge in [0, 0.05) is 6.04 Å². The van der Waals surface area contributed by atoms with Crippen LogP contribution in [0.1, 0.15) is 37.3 Å². The Kier molecular flexibility index (Phi) is 7.58. The molecule has 0 radical (unpaired) electrons. The number of carbonyl (C=O) groups excluding carboxylic acids is 1. The third-order valence-corrected chi connectivity index (χ3v) is 4.98. The summed E-state index contributed by atoms with van der Waals surface area (Å²) in [6, 6.07) is 3.99. The number of unbranched alkanes of at least 4 members (excludes halogenated alkanes) is 1. The molecule has 2 N–H and O–H groups in total. The van der Waals surface area contributed by atoms with Crippen LogP contribution in [0.2, 0.25) is 0 Å². The van der Waals surface area contributed by atoms with Gasteiger partial charge in [0.25, 0.3) is 0 Å². The van der Waals surface area contributed by atoms with Crippen molar-refractivity contribution in [1.29, 1.82) is 0 Å². The predicted octanol–water partition coefficient (Wildman–Crippen LogP) is 4.47. The molecule has 0 saturated heterocycles. The molecule has 0 aliphatic carbocycles. The summed E-state index contributed by atoms with van der Waals surface area (Å²) in [6.45, 7) is 3.52. The highest BCUT2D eigenvalue weighted by molar-refractivity contribution is 7.08. The smallest absolute Gasteiger partial charge is 0.410 e. The molecule has 0 spiro atoms. The molecule has 0 unspecified atom stereocenters. The number of thiophene rings is 2. The first-order valence-corrected chi connectivity index (χ1v) is 9.77. The van der Waals surface area contributed by atoms with Gasteiger partial charge >= 0.3 is 6.09 Å². The van der Waals surface area contributed by atoms with Crippen molar-refractivity contribution in [2.45, 2.75) is 45.3 Å². The van der Waals surface area contributed by atoms with Crippen LogP contribution in [0.5, 0.6) is 0 Å². The molecule has 0 saturated carbocycles. The van der Waals surface area contributed by atoms with E-state index in [-0.39, 0.29) is 18.7 Å². The van der Waals surface area contributed by atoms with Gasteiger partial charge in [-0.3, -0.25) is 4.90 Å². The van der Waals surface area contributed by atoms with Crippen LogP contribution in [0, 0.1) is 0 Å². The standard InChI is InChI=1S/C17H24N2O2S2/c1-2-3-4-16(18)11-21-17(20)19(9-14-5-7-22-12-14)10-15-6-8-23-13-15/h5-8,12-13,16H,2-4,9-11,18H2,1H3/t16-/m1/s1. The van der Waals surface area contributed by atoms with Gasteiger partial charge in [0.05, 0.1) is 13.1 Å². The Morgan fingerprint density at radius 3 is 2.30 bits per heavy atom. The van der Waals surface area contributed by atoms with Crippen LogP contribution >= 0.6 is 22.7 Å². The van der Waals surface area contributed by atoms with E-state index in [9.17, 15) is 4.79 Å². The quantitative estimate of drug-likeness (QED) is 0.724. The fourth-order valence-electron chi connectivity index (χ4n) is 2.21. The van der Waals surface area contributed by atoms with Crippen molar-refractivity contribution in [2.75, 3.05) is 6.61 Å². The van der Waals surface area contributed by atoms with E-state index in [2.05, 4.69) is 17.7 Å². The van der Waals surface area contributed by atoms with Crippen LogP contribution in [0.4, 0.5) is 4.79 Å². The summed E-state index contributed by atoms with van der Waals surface area (Å²) in [5, 5.41) is 8.15. The van der Waals surface area contributed by atoms with Crippen LogP contribution in [0.25, 0.3) is 0 Å². The summed E-state index contributed by atoms with van der Waals surface area (Å²) in [5.74, 6) is 0. The van der Waals surface area contributed by atoms with Gasteiger partial charge in [0.2, 0.25) is 0 Å². The lowest BCUT2D eigenvalue weighted by Crippen LogP contribution is -2.34. The molecular weight excluding hydrogens is 328 g/mol. The van der Waals surface area contributed by atoms with Crippen molar-refractivity contribution in [1.82, 2.24) is 4.90 Å². The third kappa shape index (κ3) is 6.33. The van der Waals surface area contributed by atoms with Crippen LogP contribution in [-0.4, -0.2) is 23.6 Å². The number of amides is 1. The summed E-state index contributed by atoms with van der Waals surface area (Å²) in [7, 11) is 0. The van der Waals surface area contributed by atoms with Gasteiger partial charge in [-0.15, -0.1) is 0 Å². The average molecular weight is 353 g/mol. The fraction of sp³-hybridized carbons (Fsp3) is 0.471. The van der Waals surface area contributed by atoms with Gasteiger partial charge in [0.15, 0.2) is 0 Å². The maximum absolute atomic E-state index is 12.4. The summed E-state index contributed by atoms with van der Waals surface area (Å²) in [5.41, 5.74) is 8.23. The van der Waals surface area contributed by atoms with Crippen molar-refractivity contribution < 1.29 is 9.53 Å². The van der Waals surface area contributed by atoms with E-state index < -0.39 is 0 Å². The number of nitrogens with two attached hydrogens (primary N) is 1. The lowest BCUT2D eigenvalue weighted by molar-refractivity contribution is 0.0908. The van der Waals surface area contributed by atoms with E-state index in [0.29, 0.717) is 13.1 Å². The summed E-state index contributed by atoms with van der Waals surface area (Å²) in [4.78, 5) is 14.2. The summed E-state index contributed by atoms with van der Waals surface area (Å²) < 4.78 is 5.43. The second kappa shape index (κ2) is 9.70. The molecule has 0 bridgehead atoms. The highest BCUT2D eigenvalue weighted by Crippen LogP contribution is 2.15. The highest BCUT2D eigenvalue weighted by Gasteiger charge is 2.17. The Labute approximate surface area is 145 Å². The second-order valence-electron chi connectivity index (χ2n) is 5.60.